The molecule has 0 aromatic heterocycles. The number of rotatable bonds is 11. The predicted molar refractivity (Wildman–Crippen MR) is 179 cm³/mol. The fourth-order valence-electron chi connectivity index (χ4n) is 6.69. The van der Waals surface area contributed by atoms with E-state index in [1.54, 1.807) is 42.5 Å². The van der Waals surface area contributed by atoms with Gasteiger partial charge in [0, 0.05) is 42.7 Å². The van der Waals surface area contributed by atoms with Gasteiger partial charge in [-0.3, -0.25) is 4.55 Å². The van der Waals surface area contributed by atoms with E-state index in [-0.39, 0.29) is 10.6 Å². The van der Waals surface area contributed by atoms with Crippen molar-refractivity contribution in [2.24, 2.45) is 11.3 Å². The summed E-state index contributed by atoms with van der Waals surface area (Å²) in [5.41, 5.74) is 1.18. The number of fused-ring (bicyclic) bond motifs is 1. The summed E-state index contributed by atoms with van der Waals surface area (Å²) in [6.07, 6.45) is -3.98. The average molecular weight is 714 g/mol. The number of ether oxygens (including phenoxy) is 1. The summed E-state index contributed by atoms with van der Waals surface area (Å²) in [5.74, 6) is -1.82. The zero-order valence-corrected chi connectivity index (χ0v) is 29.4. The van der Waals surface area contributed by atoms with Crippen molar-refractivity contribution in [1.82, 2.24) is 5.32 Å². The highest BCUT2D eigenvalue weighted by atomic mass is 32.3. The van der Waals surface area contributed by atoms with Crippen LogP contribution in [0.25, 0.3) is 0 Å². The minimum absolute atomic E-state index is 0.160. The number of carbonyl (C=O) groups is 1. The predicted octanol–water partition coefficient (Wildman–Crippen LogP) is 2.64. The van der Waals surface area contributed by atoms with E-state index in [4.69, 9.17) is 9.29 Å². The second-order valence-corrected chi connectivity index (χ2v) is 16.0. The molecule has 6 N–H and O–H groups in total. The first-order valence-corrected chi connectivity index (χ1v) is 19.0. The van der Waals surface area contributed by atoms with Gasteiger partial charge in [-0.1, -0.05) is 45.7 Å². The van der Waals surface area contributed by atoms with Crippen molar-refractivity contribution >= 4 is 37.6 Å². The molecule has 48 heavy (non-hydrogen) atoms. The molecular weight excluding hydrogens is 666 g/mol. The van der Waals surface area contributed by atoms with Crippen molar-refractivity contribution in [3.63, 3.8) is 0 Å². The molecule has 14 nitrogen and oxygen atoms in total. The third kappa shape index (κ3) is 8.30. The van der Waals surface area contributed by atoms with E-state index in [1.807, 2.05) is 32.8 Å². The van der Waals surface area contributed by atoms with Gasteiger partial charge in [0.25, 0.3) is 0 Å². The highest BCUT2D eigenvalue weighted by Gasteiger charge is 2.49. The molecule has 0 unspecified atom stereocenters. The van der Waals surface area contributed by atoms with Crippen LogP contribution >= 0.6 is 0 Å². The number of unbranched alkanes of at least 4 members (excludes halogenated alkanes) is 1. The first-order valence-electron chi connectivity index (χ1n) is 16.0. The molecule has 16 heteroatoms. The molecule has 1 fully saturated rings. The van der Waals surface area contributed by atoms with Crippen molar-refractivity contribution in [3.8, 4) is 0 Å². The van der Waals surface area contributed by atoms with Crippen molar-refractivity contribution in [3.05, 3.63) is 53.6 Å². The van der Waals surface area contributed by atoms with Crippen molar-refractivity contribution in [2.45, 2.75) is 87.9 Å². The van der Waals surface area contributed by atoms with Gasteiger partial charge in [-0.25, -0.2) is 17.4 Å². The average Bonchev–Trinajstić information content (AvgIpc) is 3.09. The minimum Gasteiger partial charge on any atom is -0.392 e. The Balaban J connectivity index is 1.67. The number of carbonyl (C=O) groups excluding carboxylic acids is 1. The smallest absolute Gasteiger partial charge is 0.392 e. The molecule has 0 spiro atoms. The summed E-state index contributed by atoms with van der Waals surface area (Å²) < 4.78 is 68.7. The molecule has 4 rings (SSSR count). The normalized spacial score (nSPS) is 30.1. The SMILES string of the molecule is CCCC[C@]1(CC)CS(=O)(=O)c2ccc(N(C)C)cc2[C@@H](c2cccc(NC(=O)N[C@@H]3O[C@H](COS(=O)(=O)O)[C@@H](O)[C@H](C)[C@H]3O)c2)[C@H]1O. The maximum atomic E-state index is 13.9. The Labute approximate surface area is 282 Å². The van der Waals surface area contributed by atoms with Crippen molar-refractivity contribution < 1.29 is 50.4 Å². The number of nitrogens with one attached hydrogen (secondary N) is 2. The number of urea groups is 1. The van der Waals surface area contributed by atoms with Gasteiger partial charge in [-0.2, -0.15) is 8.42 Å². The second-order valence-electron chi connectivity index (χ2n) is 13.0. The van der Waals surface area contributed by atoms with Gasteiger partial charge in [-0.05, 0) is 54.3 Å². The Hall–Kier alpha value is -2.83. The van der Waals surface area contributed by atoms with Gasteiger partial charge < -0.3 is 35.6 Å². The molecule has 0 bridgehead atoms. The standard InChI is InChI=1S/C32H47N3O11S2/c1-6-8-14-32(7-2)18-47(40,41)25-13-12-22(35(4)5)16-23(25)26(29(32)38)20-10-9-11-21(15-20)33-31(39)34-30-28(37)19(3)27(36)24(46-30)17-45-48(42,43)44/h9-13,15-16,19,24,26-30,36-38H,6-8,14,17-18H2,1-5H3,(H2,33,34,39)(H,42,43,44)/t19-,24+,26+,27-,28+,29+,30+,32+/m0/s1. The van der Waals surface area contributed by atoms with E-state index in [0.29, 0.717) is 29.7 Å². The zero-order valence-electron chi connectivity index (χ0n) is 27.7. The minimum atomic E-state index is -4.83. The summed E-state index contributed by atoms with van der Waals surface area (Å²) in [7, 11) is -4.93. The summed E-state index contributed by atoms with van der Waals surface area (Å²) in [6, 6.07) is 11.1. The van der Waals surface area contributed by atoms with E-state index >= 15 is 0 Å². The van der Waals surface area contributed by atoms with Crippen molar-refractivity contribution in [1.29, 1.82) is 0 Å². The number of aliphatic hydroxyl groups is 3. The van der Waals surface area contributed by atoms with E-state index in [9.17, 15) is 36.9 Å². The van der Waals surface area contributed by atoms with Crippen molar-refractivity contribution in [2.75, 3.05) is 36.7 Å². The summed E-state index contributed by atoms with van der Waals surface area (Å²) in [4.78, 5) is 15.2. The Kier molecular flexibility index (Phi) is 11.8. The zero-order chi connectivity index (χ0) is 35.6. The lowest BCUT2D eigenvalue weighted by atomic mass is 9.69. The van der Waals surface area contributed by atoms with E-state index < -0.39 is 80.8 Å². The number of hydrogen-bond acceptors (Lipinski definition) is 11. The van der Waals surface area contributed by atoms with Crippen LogP contribution in [0.3, 0.4) is 0 Å². The van der Waals surface area contributed by atoms with Crippen LogP contribution in [-0.4, -0.2) is 99.8 Å². The lowest BCUT2D eigenvalue weighted by molar-refractivity contribution is -0.207. The largest absolute Gasteiger partial charge is 0.397 e. The monoisotopic (exact) mass is 713 g/mol. The van der Waals surface area contributed by atoms with Crippen LogP contribution in [0, 0.1) is 11.3 Å². The highest BCUT2D eigenvalue weighted by molar-refractivity contribution is 7.91. The molecule has 8 atom stereocenters. The molecule has 2 aliphatic rings. The fourth-order valence-corrected chi connectivity index (χ4v) is 9.24. The molecule has 2 aliphatic heterocycles. The maximum absolute atomic E-state index is 13.9. The Morgan fingerprint density at radius 2 is 1.81 bits per heavy atom. The van der Waals surface area contributed by atoms with Gasteiger partial charge in [0.2, 0.25) is 0 Å². The van der Waals surface area contributed by atoms with Crippen LogP contribution in [0.4, 0.5) is 16.2 Å². The molecule has 2 amide bonds. The number of benzene rings is 2. The molecule has 1 saturated heterocycles. The summed E-state index contributed by atoms with van der Waals surface area (Å²) >= 11 is 0. The van der Waals surface area contributed by atoms with Gasteiger partial charge >= 0.3 is 16.4 Å². The van der Waals surface area contributed by atoms with Crippen LogP contribution in [0.1, 0.15) is 63.5 Å². The number of sulfone groups is 1. The number of aliphatic hydroxyl groups excluding tert-OH is 3. The Bertz CT molecular complexity index is 1670. The molecule has 0 radical (unpaired) electrons. The van der Waals surface area contributed by atoms with Gasteiger partial charge in [0.15, 0.2) is 16.1 Å². The first-order chi connectivity index (χ1) is 22.4. The van der Waals surface area contributed by atoms with Crippen LogP contribution in [-0.2, 0) is 29.2 Å². The van der Waals surface area contributed by atoms with Crippen LogP contribution in [0.15, 0.2) is 47.4 Å². The van der Waals surface area contributed by atoms with E-state index in [0.717, 1.165) is 18.5 Å². The van der Waals surface area contributed by atoms with Crippen LogP contribution < -0.4 is 15.5 Å². The maximum Gasteiger partial charge on any atom is 0.397 e. The van der Waals surface area contributed by atoms with Gasteiger partial charge in [-0.15, -0.1) is 0 Å². The number of amides is 2. The van der Waals surface area contributed by atoms with E-state index in [1.165, 1.54) is 6.92 Å². The van der Waals surface area contributed by atoms with Crippen LogP contribution in [0.2, 0.25) is 0 Å². The molecule has 2 heterocycles. The Morgan fingerprint density at radius 1 is 1.10 bits per heavy atom. The first kappa shape index (κ1) is 38.0. The summed E-state index contributed by atoms with van der Waals surface area (Å²) in [6.45, 7) is 4.64. The third-order valence-electron chi connectivity index (χ3n) is 9.58. The molecular formula is C32H47N3O11S2. The number of nitrogens with zero attached hydrogens (tertiary/aromatic N) is 1. The van der Waals surface area contributed by atoms with E-state index in [2.05, 4.69) is 14.8 Å². The third-order valence-corrected chi connectivity index (χ3v) is 12.0. The lowest BCUT2D eigenvalue weighted by Gasteiger charge is -2.41. The number of anilines is 2. The van der Waals surface area contributed by atoms with Gasteiger partial charge in [0.05, 0.1) is 29.5 Å². The topological polar surface area (TPSA) is 212 Å². The highest BCUT2D eigenvalue weighted by Crippen LogP contribution is 2.49. The number of hydrogen-bond donors (Lipinski definition) is 6. The molecule has 2 aromatic rings. The van der Waals surface area contributed by atoms with Crippen LogP contribution in [0.5, 0.6) is 0 Å². The summed E-state index contributed by atoms with van der Waals surface area (Å²) in [5, 5.41) is 38.4. The molecule has 268 valence electrons. The lowest BCUT2D eigenvalue weighted by Crippen LogP contribution is -2.60. The Morgan fingerprint density at radius 3 is 2.44 bits per heavy atom. The van der Waals surface area contributed by atoms with Gasteiger partial charge in [0.1, 0.15) is 12.2 Å². The fraction of sp³-hybridized carbons (Fsp3) is 0.594. The molecule has 0 saturated carbocycles. The quantitative estimate of drug-likeness (QED) is 0.186. The molecule has 0 aliphatic carbocycles. The molecule has 2 aromatic carbocycles. The second kappa shape index (κ2) is 15.0.